The standard InChI is InChI=1S/C23H26N2O7/c1-31-13-20(22(29)24-11-14(26)10-21(27)28)25-23(30)32-12-19-17-8-4-2-6-15(17)16-7-3-5-9-18(16)19/h2-9,14,19-20,26H,10-13H2,1H3,(H,24,29)(H,25,30)(H,27,28)/t14?,20-/m0/s1. The van der Waals surface area contributed by atoms with E-state index in [0.717, 1.165) is 22.3 Å². The van der Waals surface area contributed by atoms with Crippen LogP contribution in [-0.2, 0) is 19.1 Å². The quantitative estimate of drug-likeness (QED) is 0.438. The number of benzene rings is 2. The van der Waals surface area contributed by atoms with Crippen LogP contribution in [-0.4, -0.2) is 67.2 Å². The zero-order valence-electron chi connectivity index (χ0n) is 17.6. The number of nitrogens with one attached hydrogen (secondary N) is 2. The maximum absolute atomic E-state index is 12.4. The number of amides is 2. The van der Waals surface area contributed by atoms with Crippen LogP contribution in [0.1, 0.15) is 23.5 Å². The zero-order chi connectivity index (χ0) is 23.1. The summed E-state index contributed by atoms with van der Waals surface area (Å²) < 4.78 is 10.4. The molecule has 32 heavy (non-hydrogen) atoms. The van der Waals surface area contributed by atoms with Gasteiger partial charge >= 0.3 is 12.1 Å². The predicted octanol–water partition coefficient (Wildman–Crippen LogP) is 1.49. The summed E-state index contributed by atoms with van der Waals surface area (Å²) in [6, 6.07) is 14.8. The van der Waals surface area contributed by atoms with E-state index in [0.29, 0.717) is 0 Å². The summed E-state index contributed by atoms with van der Waals surface area (Å²) in [6.07, 6.45) is -2.53. The number of carbonyl (C=O) groups is 3. The first-order valence-electron chi connectivity index (χ1n) is 10.2. The van der Waals surface area contributed by atoms with Crippen LogP contribution in [0.15, 0.2) is 48.5 Å². The Kier molecular flexibility index (Phi) is 7.80. The number of ether oxygens (including phenoxy) is 2. The molecule has 2 aromatic carbocycles. The van der Waals surface area contributed by atoms with Crippen molar-refractivity contribution >= 4 is 18.0 Å². The second kappa shape index (κ2) is 10.7. The molecule has 4 N–H and O–H groups in total. The summed E-state index contributed by atoms with van der Waals surface area (Å²) in [5.41, 5.74) is 4.35. The summed E-state index contributed by atoms with van der Waals surface area (Å²) in [6.45, 7) is -0.290. The molecular formula is C23H26N2O7. The van der Waals surface area contributed by atoms with Gasteiger partial charge in [0.05, 0.1) is 19.1 Å². The van der Waals surface area contributed by atoms with E-state index in [9.17, 15) is 19.5 Å². The number of carbonyl (C=O) groups excluding carboxylic acids is 2. The number of hydrogen-bond donors (Lipinski definition) is 4. The van der Waals surface area contributed by atoms with Crippen LogP contribution in [0.4, 0.5) is 4.79 Å². The van der Waals surface area contributed by atoms with Gasteiger partial charge in [-0.1, -0.05) is 48.5 Å². The van der Waals surface area contributed by atoms with Crippen molar-refractivity contribution in [1.82, 2.24) is 10.6 Å². The smallest absolute Gasteiger partial charge is 0.407 e. The minimum Gasteiger partial charge on any atom is -0.481 e. The van der Waals surface area contributed by atoms with E-state index >= 15 is 0 Å². The molecule has 1 aliphatic rings. The molecule has 2 aromatic rings. The number of aliphatic hydroxyl groups is 1. The Balaban J connectivity index is 1.58. The number of carboxylic acids is 1. The van der Waals surface area contributed by atoms with Crippen molar-refractivity contribution in [3.05, 3.63) is 59.7 Å². The molecule has 0 saturated carbocycles. The topological polar surface area (TPSA) is 134 Å². The maximum atomic E-state index is 12.4. The van der Waals surface area contributed by atoms with Gasteiger partial charge in [0.25, 0.3) is 0 Å². The normalized spacial score (nSPS) is 14.1. The summed E-state index contributed by atoms with van der Waals surface area (Å²) in [7, 11) is 1.37. The van der Waals surface area contributed by atoms with Gasteiger partial charge in [0.15, 0.2) is 0 Å². The third-order valence-corrected chi connectivity index (χ3v) is 5.21. The molecular weight excluding hydrogens is 416 g/mol. The van der Waals surface area contributed by atoms with E-state index in [4.69, 9.17) is 14.6 Å². The molecule has 0 aromatic heterocycles. The molecule has 0 heterocycles. The molecule has 0 fully saturated rings. The summed E-state index contributed by atoms with van der Waals surface area (Å²) in [5.74, 6) is -1.92. The van der Waals surface area contributed by atoms with Crippen LogP contribution in [0, 0.1) is 0 Å². The minimum absolute atomic E-state index is 0.0957. The molecule has 170 valence electrons. The Morgan fingerprint density at radius 1 is 1.03 bits per heavy atom. The fourth-order valence-electron chi connectivity index (χ4n) is 3.75. The lowest BCUT2D eigenvalue weighted by Crippen LogP contribution is -2.50. The van der Waals surface area contributed by atoms with Crippen LogP contribution < -0.4 is 10.6 Å². The lowest BCUT2D eigenvalue weighted by atomic mass is 9.98. The van der Waals surface area contributed by atoms with Gasteiger partial charge in [0, 0.05) is 19.6 Å². The van der Waals surface area contributed by atoms with E-state index in [1.807, 2.05) is 48.5 Å². The first-order chi connectivity index (χ1) is 15.4. The van der Waals surface area contributed by atoms with Crippen LogP contribution in [0.3, 0.4) is 0 Å². The van der Waals surface area contributed by atoms with Crippen LogP contribution in [0.5, 0.6) is 0 Å². The molecule has 0 aliphatic heterocycles. The van der Waals surface area contributed by atoms with Crippen molar-refractivity contribution in [3.8, 4) is 11.1 Å². The van der Waals surface area contributed by atoms with Crippen molar-refractivity contribution in [2.75, 3.05) is 26.9 Å². The van der Waals surface area contributed by atoms with E-state index < -0.39 is 36.5 Å². The molecule has 0 bridgehead atoms. The van der Waals surface area contributed by atoms with Gasteiger partial charge in [-0.2, -0.15) is 0 Å². The molecule has 9 heteroatoms. The number of carboxylic acid groups (broad SMARTS) is 1. The molecule has 9 nitrogen and oxygen atoms in total. The first-order valence-corrected chi connectivity index (χ1v) is 10.2. The second-order valence-corrected chi connectivity index (χ2v) is 7.47. The highest BCUT2D eigenvalue weighted by molar-refractivity contribution is 5.86. The molecule has 2 atom stereocenters. The van der Waals surface area contributed by atoms with E-state index in [1.54, 1.807) is 0 Å². The Morgan fingerprint density at radius 2 is 1.62 bits per heavy atom. The Hall–Kier alpha value is -3.43. The molecule has 0 spiro atoms. The van der Waals surface area contributed by atoms with E-state index in [-0.39, 0.29) is 25.7 Å². The number of rotatable bonds is 10. The lowest BCUT2D eigenvalue weighted by Gasteiger charge is -2.20. The summed E-state index contributed by atoms with van der Waals surface area (Å²) >= 11 is 0. The third kappa shape index (κ3) is 5.63. The van der Waals surface area contributed by atoms with Gasteiger partial charge in [-0.3, -0.25) is 9.59 Å². The highest BCUT2D eigenvalue weighted by Crippen LogP contribution is 2.44. The van der Waals surface area contributed by atoms with Gasteiger partial charge in [-0.25, -0.2) is 4.79 Å². The summed E-state index contributed by atoms with van der Waals surface area (Å²) in [4.78, 5) is 35.3. The molecule has 2 amide bonds. The first kappa shape index (κ1) is 23.2. The van der Waals surface area contributed by atoms with Gasteiger partial charge in [0.2, 0.25) is 5.91 Å². The molecule has 1 unspecified atom stereocenters. The van der Waals surface area contributed by atoms with Crippen LogP contribution in [0.2, 0.25) is 0 Å². The molecule has 0 radical (unpaired) electrons. The predicted molar refractivity (Wildman–Crippen MR) is 115 cm³/mol. The van der Waals surface area contributed by atoms with Gasteiger partial charge < -0.3 is 30.3 Å². The van der Waals surface area contributed by atoms with Crippen molar-refractivity contribution in [2.45, 2.75) is 24.5 Å². The third-order valence-electron chi connectivity index (χ3n) is 5.21. The Labute approximate surface area is 185 Å². The average Bonchev–Trinajstić information content (AvgIpc) is 3.09. The highest BCUT2D eigenvalue weighted by Gasteiger charge is 2.30. The molecule has 3 rings (SSSR count). The zero-order valence-corrected chi connectivity index (χ0v) is 17.6. The number of methoxy groups -OCH3 is 1. The van der Waals surface area contributed by atoms with Crippen molar-refractivity contribution in [3.63, 3.8) is 0 Å². The largest absolute Gasteiger partial charge is 0.481 e. The minimum atomic E-state index is -1.24. The number of aliphatic carboxylic acids is 1. The number of fused-ring (bicyclic) bond motifs is 3. The van der Waals surface area contributed by atoms with Crippen molar-refractivity contribution < 1.29 is 34.1 Å². The van der Waals surface area contributed by atoms with Crippen LogP contribution in [0.25, 0.3) is 11.1 Å². The Morgan fingerprint density at radius 3 is 2.19 bits per heavy atom. The monoisotopic (exact) mass is 442 g/mol. The maximum Gasteiger partial charge on any atom is 0.407 e. The average molecular weight is 442 g/mol. The van der Waals surface area contributed by atoms with E-state index in [1.165, 1.54) is 7.11 Å². The van der Waals surface area contributed by atoms with Gasteiger partial charge in [-0.05, 0) is 22.3 Å². The van der Waals surface area contributed by atoms with Gasteiger partial charge in [0.1, 0.15) is 12.6 Å². The Bertz CT molecular complexity index is 933. The lowest BCUT2D eigenvalue weighted by molar-refractivity contribution is -0.139. The van der Waals surface area contributed by atoms with Crippen LogP contribution >= 0.6 is 0 Å². The fourth-order valence-corrected chi connectivity index (χ4v) is 3.75. The van der Waals surface area contributed by atoms with Gasteiger partial charge in [-0.15, -0.1) is 0 Å². The van der Waals surface area contributed by atoms with Crippen molar-refractivity contribution in [1.29, 1.82) is 0 Å². The second-order valence-electron chi connectivity index (χ2n) is 7.47. The van der Waals surface area contributed by atoms with E-state index in [2.05, 4.69) is 10.6 Å². The summed E-state index contributed by atoms with van der Waals surface area (Å²) in [5, 5.41) is 23.1. The van der Waals surface area contributed by atoms with Crippen molar-refractivity contribution in [2.24, 2.45) is 0 Å². The number of hydrogen-bond acceptors (Lipinski definition) is 6. The number of aliphatic hydroxyl groups excluding tert-OH is 1. The molecule has 0 saturated heterocycles. The number of alkyl carbamates (subject to hydrolysis) is 1. The SMILES string of the molecule is COC[C@H](NC(=O)OCC1c2ccccc2-c2ccccc21)C(=O)NCC(O)CC(=O)O. The molecule has 1 aliphatic carbocycles. The fraction of sp³-hybridized carbons (Fsp3) is 0.348. The highest BCUT2D eigenvalue weighted by atomic mass is 16.5.